The molecule has 1 saturated carbocycles. The quantitative estimate of drug-likeness (QED) is 0.649. The van der Waals surface area contributed by atoms with Crippen molar-refractivity contribution >= 4 is 23.4 Å². The van der Waals surface area contributed by atoms with E-state index in [0.717, 1.165) is 49.0 Å². The number of rotatable bonds is 4. The summed E-state index contributed by atoms with van der Waals surface area (Å²) in [6.45, 7) is 2.24. The molecular formula is C24H27FN2O. The topological polar surface area (TPSA) is 53.0 Å². The molecule has 0 aromatic heterocycles. The van der Waals surface area contributed by atoms with E-state index in [-0.39, 0.29) is 11.2 Å². The van der Waals surface area contributed by atoms with Crippen LogP contribution in [-0.2, 0) is 16.6 Å². The first-order chi connectivity index (χ1) is 13.6. The van der Waals surface area contributed by atoms with Crippen LogP contribution in [0.15, 0.2) is 36.4 Å². The van der Waals surface area contributed by atoms with Gasteiger partial charge in [0.2, 0.25) is 0 Å². The molecule has 0 bridgehead atoms. The van der Waals surface area contributed by atoms with E-state index in [2.05, 4.69) is 24.4 Å². The summed E-state index contributed by atoms with van der Waals surface area (Å²) in [6, 6.07) is 10.6. The third-order valence-corrected chi connectivity index (χ3v) is 6.83. The maximum atomic E-state index is 13.2. The summed E-state index contributed by atoms with van der Waals surface area (Å²) in [5.74, 6) is 0.552. The Morgan fingerprint density at radius 2 is 2.04 bits per heavy atom. The highest BCUT2D eigenvalue weighted by molar-refractivity contribution is 5.88. The largest absolute Gasteiger partial charge is 0.355 e. The SMILES string of the molecule is CC[C@@]12CCC(=O)C[C@H]1CCCc1cc(Nc3ccc(F)cc3)c(C=N)cc12. The molecule has 4 heteroatoms. The van der Waals surface area contributed by atoms with Crippen molar-refractivity contribution in [2.45, 2.75) is 57.3 Å². The number of carbonyl (C=O) groups is 1. The van der Waals surface area contributed by atoms with Crippen molar-refractivity contribution in [3.63, 3.8) is 0 Å². The van der Waals surface area contributed by atoms with Crippen LogP contribution in [0, 0.1) is 17.1 Å². The molecule has 1 fully saturated rings. The summed E-state index contributed by atoms with van der Waals surface area (Å²) in [5, 5.41) is 11.3. The second-order valence-electron chi connectivity index (χ2n) is 8.21. The fourth-order valence-electron chi connectivity index (χ4n) is 5.31. The van der Waals surface area contributed by atoms with Gasteiger partial charge in [0.25, 0.3) is 0 Å². The van der Waals surface area contributed by atoms with Crippen LogP contribution in [0.25, 0.3) is 0 Å². The van der Waals surface area contributed by atoms with Gasteiger partial charge in [-0.05, 0) is 91.0 Å². The Hall–Kier alpha value is -2.49. The van der Waals surface area contributed by atoms with Crippen molar-refractivity contribution in [3.8, 4) is 0 Å². The molecule has 0 saturated heterocycles. The fourth-order valence-corrected chi connectivity index (χ4v) is 5.31. The summed E-state index contributed by atoms with van der Waals surface area (Å²) >= 11 is 0. The number of Topliss-reactive ketones (excluding diaryl/α,β-unsaturated/α-hetero) is 1. The lowest BCUT2D eigenvalue weighted by atomic mass is 9.60. The molecule has 0 unspecified atom stereocenters. The maximum Gasteiger partial charge on any atom is 0.133 e. The van der Waals surface area contributed by atoms with Crippen LogP contribution in [0.3, 0.4) is 0 Å². The number of nitrogens with one attached hydrogen (secondary N) is 2. The van der Waals surface area contributed by atoms with Gasteiger partial charge in [0.05, 0.1) is 0 Å². The summed E-state index contributed by atoms with van der Waals surface area (Å²) in [6.07, 6.45) is 7.88. The van der Waals surface area contributed by atoms with E-state index in [1.165, 1.54) is 29.5 Å². The molecule has 0 spiro atoms. The standard InChI is InChI=1S/C24H27FN2O/c1-2-24-11-10-21(28)14-18(24)5-3-4-16-13-23(17(15-26)12-22(16)24)27-20-8-6-19(25)7-9-20/h6-9,12-13,15,18,26-27H,2-5,10-11,14H2,1H3/t18-,24-/m1/s1. The van der Waals surface area contributed by atoms with Gasteiger partial charge in [-0.1, -0.05) is 6.92 Å². The van der Waals surface area contributed by atoms with E-state index in [0.29, 0.717) is 24.5 Å². The Morgan fingerprint density at radius 1 is 1.25 bits per heavy atom. The van der Waals surface area contributed by atoms with Gasteiger partial charge in [0.1, 0.15) is 11.6 Å². The Balaban J connectivity index is 1.78. The zero-order valence-corrected chi connectivity index (χ0v) is 16.4. The number of hydrogen-bond acceptors (Lipinski definition) is 3. The Labute approximate surface area is 165 Å². The minimum atomic E-state index is -0.262. The molecule has 28 heavy (non-hydrogen) atoms. The minimum Gasteiger partial charge on any atom is -0.355 e. The van der Waals surface area contributed by atoms with Gasteiger partial charge in [0, 0.05) is 36.0 Å². The molecule has 2 atom stereocenters. The smallest absolute Gasteiger partial charge is 0.133 e. The van der Waals surface area contributed by atoms with Gasteiger partial charge in [-0.15, -0.1) is 0 Å². The van der Waals surface area contributed by atoms with Crippen molar-refractivity contribution in [2.24, 2.45) is 5.92 Å². The van der Waals surface area contributed by atoms with Crippen molar-refractivity contribution in [2.75, 3.05) is 5.32 Å². The summed E-state index contributed by atoms with van der Waals surface area (Å²) in [7, 11) is 0. The van der Waals surface area contributed by atoms with Crippen LogP contribution in [0.5, 0.6) is 0 Å². The molecule has 0 radical (unpaired) electrons. The molecule has 146 valence electrons. The van der Waals surface area contributed by atoms with Gasteiger partial charge in [0.15, 0.2) is 0 Å². The number of carbonyl (C=O) groups excluding carboxylic acids is 1. The number of anilines is 2. The molecule has 2 aromatic carbocycles. The second-order valence-corrected chi connectivity index (χ2v) is 8.21. The predicted octanol–water partition coefficient (Wildman–Crippen LogP) is 5.92. The Morgan fingerprint density at radius 3 is 2.75 bits per heavy atom. The van der Waals surface area contributed by atoms with E-state index < -0.39 is 0 Å². The number of benzene rings is 2. The maximum absolute atomic E-state index is 13.2. The number of ketones is 1. The van der Waals surface area contributed by atoms with Crippen molar-refractivity contribution < 1.29 is 9.18 Å². The van der Waals surface area contributed by atoms with Crippen LogP contribution in [0.2, 0.25) is 0 Å². The van der Waals surface area contributed by atoms with Gasteiger partial charge in [-0.2, -0.15) is 0 Å². The molecule has 0 amide bonds. The highest BCUT2D eigenvalue weighted by atomic mass is 19.1. The first-order valence-electron chi connectivity index (χ1n) is 10.3. The van der Waals surface area contributed by atoms with Crippen LogP contribution in [-0.4, -0.2) is 12.0 Å². The average molecular weight is 378 g/mol. The van der Waals surface area contributed by atoms with E-state index in [1.807, 2.05) is 0 Å². The van der Waals surface area contributed by atoms with E-state index in [4.69, 9.17) is 5.41 Å². The molecule has 2 aliphatic carbocycles. The van der Waals surface area contributed by atoms with E-state index in [1.54, 1.807) is 12.1 Å². The van der Waals surface area contributed by atoms with Gasteiger partial charge < -0.3 is 10.7 Å². The molecule has 2 N–H and O–H groups in total. The molecule has 2 aromatic rings. The van der Waals surface area contributed by atoms with Gasteiger partial charge in [-0.25, -0.2) is 4.39 Å². The summed E-state index contributed by atoms with van der Waals surface area (Å²) in [5.41, 5.74) is 5.25. The first kappa shape index (κ1) is 18.9. The molecule has 0 aliphatic heterocycles. The monoisotopic (exact) mass is 378 g/mol. The lowest BCUT2D eigenvalue weighted by molar-refractivity contribution is -0.123. The molecule has 4 rings (SSSR count). The van der Waals surface area contributed by atoms with Crippen molar-refractivity contribution in [1.82, 2.24) is 0 Å². The number of hydrogen-bond donors (Lipinski definition) is 2. The minimum absolute atomic E-state index is 0.0475. The van der Waals surface area contributed by atoms with Gasteiger partial charge in [-0.3, -0.25) is 4.79 Å². The third-order valence-electron chi connectivity index (χ3n) is 6.83. The number of halogens is 1. The fraction of sp³-hybridized carbons (Fsp3) is 0.417. The normalized spacial score (nSPS) is 24.1. The number of aryl methyl sites for hydroxylation is 1. The first-order valence-corrected chi connectivity index (χ1v) is 10.3. The van der Waals surface area contributed by atoms with Gasteiger partial charge >= 0.3 is 0 Å². The second kappa shape index (κ2) is 7.50. The van der Waals surface area contributed by atoms with Crippen molar-refractivity contribution in [1.29, 1.82) is 5.41 Å². The average Bonchev–Trinajstić information content (AvgIpc) is 2.85. The molecule has 2 aliphatic rings. The lowest BCUT2D eigenvalue weighted by Crippen LogP contribution is -2.40. The third kappa shape index (κ3) is 3.25. The highest BCUT2D eigenvalue weighted by Crippen LogP contribution is 2.51. The summed E-state index contributed by atoms with van der Waals surface area (Å²) in [4.78, 5) is 12.1. The van der Waals surface area contributed by atoms with Crippen LogP contribution in [0.1, 0.15) is 62.1 Å². The lowest BCUT2D eigenvalue weighted by Gasteiger charge is -2.44. The van der Waals surface area contributed by atoms with E-state index in [9.17, 15) is 9.18 Å². The highest BCUT2D eigenvalue weighted by Gasteiger charge is 2.45. The molecule has 0 heterocycles. The van der Waals surface area contributed by atoms with Crippen LogP contribution < -0.4 is 5.32 Å². The zero-order chi connectivity index (χ0) is 19.7. The van der Waals surface area contributed by atoms with Crippen LogP contribution in [0.4, 0.5) is 15.8 Å². The molecule has 3 nitrogen and oxygen atoms in total. The predicted molar refractivity (Wildman–Crippen MR) is 111 cm³/mol. The zero-order valence-electron chi connectivity index (χ0n) is 16.4. The van der Waals surface area contributed by atoms with Crippen molar-refractivity contribution in [3.05, 3.63) is 58.9 Å². The number of fused-ring (bicyclic) bond motifs is 3. The van der Waals surface area contributed by atoms with Crippen LogP contribution >= 0.6 is 0 Å². The molecular weight excluding hydrogens is 351 g/mol. The Kier molecular flexibility index (Phi) is 5.05. The summed E-state index contributed by atoms with van der Waals surface area (Å²) < 4.78 is 13.2. The van der Waals surface area contributed by atoms with E-state index >= 15 is 0 Å². The Bertz CT molecular complexity index is 906.